The average Bonchev–Trinajstić information content (AvgIpc) is 2.99. The zero-order chi connectivity index (χ0) is 16.7. The molecule has 0 amide bonds. The Morgan fingerprint density at radius 2 is 1.96 bits per heavy atom. The average molecular weight is 337 g/mol. The van der Waals surface area contributed by atoms with E-state index in [0.717, 1.165) is 42.1 Å². The molecule has 1 aliphatic carbocycles. The van der Waals surface area contributed by atoms with Crippen molar-refractivity contribution < 1.29 is 9.90 Å². The van der Waals surface area contributed by atoms with Crippen LogP contribution in [0.25, 0.3) is 0 Å². The highest BCUT2D eigenvalue weighted by atomic mass is 35.5. The molecule has 1 aliphatic rings. The SMILES string of the molecule is NC1CCC(c2ncnn2Cc2ccccc2Cl)CC1.O=CO. The molecule has 7 heteroatoms. The lowest BCUT2D eigenvalue weighted by atomic mass is 9.86. The molecule has 1 heterocycles. The largest absolute Gasteiger partial charge is 0.483 e. The van der Waals surface area contributed by atoms with Crippen LogP contribution in [0, 0.1) is 0 Å². The molecule has 1 aromatic heterocycles. The molecule has 0 radical (unpaired) electrons. The highest BCUT2D eigenvalue weighted by molar-refractivity contribution is 6.31. The number of rotatable bonds is 3. The van der Waals surface area contributed by atoms with Gasteiger partial charge in [0.25, 0.3) is 6.47 Å². The molecule has 3 N–H and O–H groups in total. The predicted molar refractivity (Wildman–Crippen MR) is 88.5 cm³/mol. The fraction of sp³-hybridized carbons (Fsp3) is 0.438. The van der Waals surface area contributed by atoms with Crippen LogP contribution in [0.3, 0.4) is 0 Å². The highest BCUT2D eigenvalue weighted by Gasteiger charge is 2.24. The summed E-state index contributed by atoms with van der Waals surface area (Å²) in [6.07, 6.45) is 5.98. The Balaban J connectivity index is 0.000000595. The first-order chi connectivity index (χ1) is 11.2. The van der Waals surface area contributed by atoms with E-state index in [-0.39, 0.29) is 6.47 Å². The predicted octanol–water partition coefficient (Wildman–Crippen LogP) is 2.67. The van der Waals surface area contributed by atoms with Crippen molar-refractivity contribution in [2.75, 3.05) is 0 Å². The highest BCUT2D eigenvalue weighted by Crippen LogP contribution is 2.31. The van der Waals surface area contributed by atoms with Crippen LogP contribution < -0.4 is 5.73 Å². The van der Waals surface area contributed by atoms with E-state index in [4.69, 9.17) is 27.2 Å². The molecular formula is C16H21ClN4O2. The molecule has 0 atom stereocenters. The number of nitrogens with two attached hydrogens (primary N) is 1. The van der Waals surface area contributed by atoms with Gasteiger partial charge in [-0.3, -0.25) is 4.79 Å². The maximum Gasteiger partial charge on any atom is 0.290 e. The summed E-state index contributed by atoms with van der Waals surface area (Å²) in [6.45, 7) is 0.428. The molecule has 23 heavy (non-hydrogen) atoms. The number of benzene rings is 1. The van der Waals surface area contributed by atoms with Gasteiger partial charge >= 0.3 is 0 Å². The van der Waals surface area contributed by atoms with Crippen molar-refractivity contribution in [1.29, 1.82) is 0 Å². The standard InChI is InChI=1S/C15H19ClN4.CH2O2/c16-14-4-2-1-3-12(14)9-20-15(18-10-19-20)11-5-7-13(17)8-6-11;2-1-3/h1-4,10-11,13H,5-9,17H2;1H,(H,2,3). The van der Waals surface area contributed by atoms with E-state index < -0.39 is 0 Å². The summed E-state index contributed by atoms with van der Waals surface area (Å²) in [4.78, 5) is 12.8. The van der Waals surface area contributed by atoms with Crippen LogP contribution in [-0.4, -0.2) is 32.4 Å². The maximum atomic E-state index is 8.36. The van der Waals surface area contributed by atoms with E-state index in [1.54, 1.807) is 6.33 Å². The van der Waals surface area contributed by atoms with Crippen LogP contribution in [0.15, 0.2) is 30.6 Å². The first-order valence-electron chi connectivity index (χ1n) is 7.60. The first-order valence-corrected chi connectivity index (χ1v) is 7.98. The summed E-state index contributed by atoms with van der Waals surface area (Å²) < 4.78 is 1.97. The summed E-state index contributed by atoms with van der Waals surface area (Å²) in [5.74, 6) is 1.54. The molecule has 0 aliphatic heterocycles. The second kappa shape index (κ2) is 8.64. The summed E-state index contributed by atoms with van der Waals surface area (Å²) in [7, 11) is 0. The fourth-order valence-corrected chi connectivity index (χ4v) is 3.07. The van der Waals surface area contributed by atoms with E-state index >= 15 is 0 Å². The van der Waals surface area contributed by atoms with Gasteiger partial charge in [-0.15, -0.1) is 0 Å². The molecule has 0 bridgehead atoms. The summed E-state index contributed by atoms with van der Waals surface area (Å²) >= 11 is 6.22. The molecular weight excluding hydrogens is 316 g/mol. The Kier molecular flexibility index (Phi) is 6.55. The minimum atomic E-state index is -0.250. The molecule has 1 saturated carbocycles. The molecule has 0 saturated heterocycles. The summed E-state index contributed by atoms with van der Waals surface area (Å²) in [5, 5.41) is 12.0. The zero-order valence-electron chi connectivity index (χ0n) is 12.8. The Labute approximate surface area is 140 Å². The minimum Gasteiger partial charge on any atom is -0.483 e. The summed E-state index contributed by atoms with van der Waals surface area (Å²) in [5.41, 5.74) is 7.05. The number of hydrogen-bond acceptors (Lipinski definition) is 4. The van der Waals surface area contributed by atoms with Crippen LogP contribution >= 0.6 is 11.6 Å². The molecule has 124 valence electrons. The summed E-state index contributed by atoms with van der Waals surface area (Å²) in [6, 6.07) is 8.23. The van der Waals surface area contributed by atoms with Gasteiger partial charge in [0.2, 0.25) is 0 Å². The third kappa shape index (κ3) is 4.77. The van der Waals surface area contributed by atoms with E-state index in [9.17, 15) is 0 Å². The van der Waals surface area contributed by atoms with Crippen molar-refractivity contribution in [3.05, 3.63) is 47.0 Å². The Bertz CT molecular complexity index is 624. The first kappa shape index (κ1) is 17.4. The normalized spacial score (nSPS) is 20.4. The van der Waals surface area contributed by atoms with Crippen LogP contribution in [0.4, 0.5) is 0 Å². The monoisotopic (exact) mass is 336 g/mol. The lowest BCUT2D eigenvalue weighted by molar-refractivity contribution is -0.122. The second-order valence-electron chi connectivity index (χ2n) is 5.58. The van der Waals surface area contributed by atoms with Gasteiger partial charge in [-0.1, -0.05) is 29.8 Å². The number of aromatic nitrogens is 3. The Morgan fingerprint density at radius 1 is 1.30 bits per heavy atom. The van der Waals surface area contributed by atoms with E-state index in [2.05, 4.69) is 10.1 Å². The van der Waals surface area contributed by atoms with E-state index in [1.807, 2.05) is 28.9 Å². The molecule has 6 nitrogen and oxygen atoms in total. The third-order valence-electron chi connectivity index (χ3n) is 4.06. The minimum absolute atomic E-state index is 0.250. The van der Waals surface area contributed by atoms with Gasteiger partial charge in [-0.25, -0.2) is 9.67 Å². The lowest BCUT2D eigenvalue weighted by Crippen LogP contribution is -2.27. The molecule has 2 aromatic rings. The van der Waals surface area contributed by atoms with Gasteiger partial charge in [0.05, 0.1) is 6.54 Å². The van der Waals surface area contributed by atoms with Gasteiger partial charge in [0.15, 0.2) is 0 Å². The van der Waals surface area contributed by atoms with E-state index in [0.29, 0.717) is 18.5 Å². The van der Waals surface area contributed by atoms with Gasteiger partial charge in [-0.2, -0.15) is 5.10 Å². The zero-order valence-corrected chi connectivity index (χ0v) is 13.6. The van der Waals surface area contributed by atoms with Crippen molar-refractivity contribution >= 4 is 18.1 Å². The molecule has 3 rings (SSSR count). The van der Waals surface area contributed by atoms with Gasteiger partial charge < -0.3 is 10.8 Å². The molecule has 1 aromatic carbocycles. The number of nitrogens with zero attached hydrogens (tertiary/aromatic N) is 3. The second-order valence-corrected chi connectivity index (χ2v) is 5.99. The van der Waals surface area contributed by atoms with Crippen LogP contribution in [0.5, 0.6) is 0 Å². The Morgan fingerprint density at radius 3 is 2.61 bits per heavy atom. The van der Waals surface area contributed by atoms with E-state index in [1.165, 1.54) is 0 Å². The van der Waals surface area contributed by atoms with Gasteiger partial charge in [-0.05, 0) is 37.3 Å². The van der Waals surface area contributed by atoms with Crippen molar-refractivity contribution in [2.24, 2.45) is 5.73 Å². The number of carbonyl (C=O) groups is 1. The van der Waals surface area contributed by atoms with Crippen LogP contribution in [0.2, 0.25) is 5.02 Å². The maximum absolute atomic E-state index is 8.36. The molecule has 0 spiro atoms. The van der Waals surface area contributed by atoms with Gasteiger partial charge in [0, 0.05) is 17.0 Å². The molecule has 0 unspecified atom stereocenters. The van der Waals surface area contributed by atoms with Crippen molar-refractivity contribution in [2.45, 2.75) is 44.2 Å². The quantitative estimate of drug-likeness (QED) is 0.840. The number of halogens is 1. The Hall–Kier alpha value is -1.92. The van der Waals surface area contributed by atoms with Gasteiger partial charge in [0.1, 0.15) is 12.2 Å². The van der Waals surface area contributed by atoms with Crippen molar-refractivity contribution in [3.63, 3.8) is 0 Å². The number of carboxylic acid groups (broad SMARTS) is 1. The van der Waals surface area contributed by atoms with Crippen molar-refractivity contribution in [3.8, 4) is 0 Å². The fourth-order valence-electron chi connectivity index (χ4n) is 2.88. The van der Waals surface area contributed by atoms with Crippen LogP contribution in [0.1, 0.15) is 43.0 Å². The van der Waals surface area contributed by atoms with Crippen molar-refractivity contribution in [1.82, 2.24) is 14.8 Å². The molecule has 1 fully saturated rings. The third-order valence-corrected chi connectivity index (χ3v) is 4.43. The topological polar surface area (TPSA) is 94.0 Å². The smallest absolute Gasteiger partial charge is 0.290 e. The number of hydrogen-bond donors (Lipinski definition) is 2. The lowest BCUT2D eigenvalue weighted by Gasteiger charge is -2.25. The van der Waals surface area contributed by atoms with Crippen LogP contribution in [-0.2, 0) is 11.3 Å².